The fourth-order valence-corrected chi connectivity index (χ4v) is 3.48. The number of rotatable bonds is 5. The van der Waals surface area contributed by atoms with Crippen LogP contribution in [0.3, 0.4) is 0 Å². The fraction of sp³-hybridized carbons (Fsp3) is 0.933. The van der Waals surface area contributed by atoms with Gasteiger partial charge >= 0.3 is 0 Å². The van der Waals surface area contributed by atoms with E-state index in [0.29, 0.717) is 19.1 Å². The van der Waals surface area contributed by atoms with E-state index in [4.69, 9.17) is 14.3 Å². The third-order valence-corrected chi connectivity index (χ3v) is 4.67. The van der Waals surface area contributed by atoms with E-state index in [1.165, 1.54) is 5.06 Å². The second kappa shape index (κ2) is 7.05. The first-order valence-electron chi connectivity index (χ1n) is 8.17. The molecule has 3 fully saturated rings. The molecule has 3 saturated heterocycles. The van der Waals surface area contributed by atoms with Crippen molar-refractivity contribution in [3.63, 3.8) is 0 Å². The van der Waals surface area contributed by atoms with E-state index in [0.717, 1.165) is 52.1 Å². The highest BCUT2D eigenvalue weighted by Gasteiger charge is 2.43. The number of carbonyl (C=O) groups excluding carboxylic acids is 1. The zero-order valence-electron chi connectivity index (χ0n) is 12.8. The Bertz CT molecular complexity index is 360. The summed E-state index contributed by atoms with van der Waals surface area (Å²) in [5.41, 5.74) is 0. The maximum Gasteiger partial charge on any atom is 0.275 e. The minimum atomic E-state index is -0.301. The van der Waals surface area contributed by atoms with Crippen molar-refractivity contribution in [1.29, 1.82) is 0 Å². The van der Waals surface area contributed by atoms with Crippen molar-refractivity contribution in [2.24, 2.45) is 5.92 Å². The highest BCUT2D eigenvalue weighted by atomic mass is 16.7. The van der Waals surface area contributed by atoms with Crippen LogP contribution in [0.2, 0.25) is 0 Å². The molecule has 0 aromatic carbocycles. The van der Waals surface area contributed by atoms with Crippen molar-refractivity contribution in [2.45, 2.75) is 38.4 Å². The van der Waals surface area contributed by atoms with Crippen LogP contribution in [0.1, 0.15) is 26.2 Å². The molecule has 6 heteroatoms. The summed E-state index contributed by atoms with van der Waals surface area (Å²) in [6, 6.07) is 0. The molecule has 3 aliphatic heterocycles. The highest BCUT2D eigenvalue weighted by molar-refractivity contribution is 5.80. The van der Waals surface area contributed by atoms with E-state index >= 15 is 0 Å². The van der Waals surface area contributed by atoms with E-state index in [2.05, 4.69) is 4.90 Å². The number of nitrogens with zero attached hydrogens (tertiary/aromatic N) is 2. The van der Waals surface area contributed by atoms with Gasteiger partial charge in [0.05, 0.1) is 25.9 Å². The first-order chi connectivity index (χ1) is 10.3. The summed E-state index contributed by atoms with van der Waals surface area (Å²) in [7, 11) is 0. The molecule has 21 heavy (non-hydrogen) atoms. The number of hydrogen-bond acceptors (Lipinski definition) is 5. The van der Waals surface area contributed by atoms with Gasteiger partial charge in [-0.05, 0) is 38.6 Å². The molecule has 0 aromatic rings. The van der Waals surface area contributed by atoms with Crippen LogP contribution in [0.5, 0.6) is 0 Å². The van der Waals surface area contributed by atoms with Crippen LogP contribution in [0.4, 0.5) is 0 Å². The normalized spacial score (nSPS) is 33.4. The van der Waals surface area contributed by atoms with E-state index in [-0.39, 0.29) is 18.1 Å². The predicted octanol–water partition coefficient (Wildman–Crippen LogP) is 0.666. The monoisotopic (exact) mass is 298 g/mol. The average Bonchev–Trinajstić information content (AvgIpc) is 3.15. The fourth-order valence-electron chi connectivity index (χ4n) is 3.48. The number of hydroxylamine groups is 2. The number of amides is 1. The molecule has 0 aliphatic carbocycles. The van der Waals surface area contributed by atoms with Gasteiger partial charge in [0.15, 0.2) is 0 Å². The molecule has 1 amide bonds. The van der Waals surface area contributed by atoms with Gasteiger partial charge in [-0.2, -0.15) is 0 Å². The lowest BCUT2D eigenvalue weighted by Gasteiger charge is -2.33. The molecule has 0 spiro atoms. The molecule has 0 saturated carbocycles. The second-order valence-corrected chi connectivity index (χ2v) is 6.07. The molecule has 3 atom stereocenters. The van der Waals surface area contributed by atoms with Crippen LogP contribution < -0.4 is 0 Å². The van der Waals surface area contributed by atoms with Gasteiger partial charge in [-0.15, -0.1) is 0 Å². The number of piperidine rings is 1. The molecule has 3 aliphatic rings. The van der Waals surface area contributed by atoms with Crippen LogP contribution >= 0.6 is 0 Å². The van der Waals surface area contributed by atoms with Gasteiger partial charge in [-0.25, -0.2) is 5.06 Å². The maximum atomic E-state index is 12.3. The highest BCUT2D eigenvalue weighted by Crippen LogP contribution is 2.34. The predicted molar refractivity (Wildman–Crippen MR) is 76.6 cm³/mol. The second-order valence-electron chi connectivity index (χ2n) is 6.07. The van der Waals surface area contributed by atoms with E-state index < -0.39 is 0 Å². The van der Waals surface area contributed by atoms with E-state index in [1.807, 2.05) is 6.92 Å². The van der Waals surface area contributed by atoms with Crippen molar-refractivity contribution in [3.8, 4) is 0 Å². The lowest BCUT2D eigenvalue weighted by Crippen LogP contribution is -2.43. The van der Waals surface area contributed by atoms with Gasteiger partial charge in [0.2, 0.25) is 0 Å². The van der Waals surface area contributed by atoms with Crippen molar-refractivity contribution < 1.29 is 19.1 Å². The summed E-state index contributed by atoms with van der Waals surface area (Å²) >= 11 is 0. The van der Waals surface area contributed by atoms with Gasteiger partial charge in [-0.1, -0.05) is 0 Å². The SMILES string of the molecule is CCOCCN1CC[C@H]2C[C@@H](C(=O)N3CCCO3)O[C@@H]2C1. The molecule has 3 heterocycles. The minimum absolute atomic E-state index is 0.0165. The van der Waals surface area contributed by atoms with Crippen molar-refractivity contribution in [2.75, 3.05) is 46.0 Å². The standard InChI is InChI=1S/C15H26N2O4/c1-2-19-9-7-16-6-4-12-10-13(21-14(12)11-16)15(18)17-5-3-8-20-17/h12-14H,2-11H2,1H3/t12-,13-,14+/m0/s1. The molecule has 0 aromatic heterocycles. The molecule has 0 bridgehead atoms. The number of fused-ring (bicyclic) bond motifs is 1. The Morgan fingerprint density at radius 2 is 2.29 bits per heavy atom. The van der Waals surface area contributed by atoms with Crippen LogP contribution in [-0.4, -0.2) is 74.1 Å². The van der Waals surface area contributed by atoms with Crippen molar-refractivity contribution >= 4 is 5.91 Å². The lowest BCUT2D eigenvalue weighted by atomic mass is 9.91. The van der Waals surface area contributed by atoms with Crippen LogP contribution in [0.15, 0.2) is 0 Å². The summed E-state index contributed by atoms with van der Waals surface area (Å²) in [4.78, 5) is 20.1. The van der Waals surface area contributed by atoms with Crippen LogP contribution in [0.25, 0.3) is 0 Å². The summed E-state index contributed by atoms with van der Waals surface area (Å²) in [5, 5.41) is 1.49. The lowest BCUT2D eigenvalue weighted by molar-refractivity contribution is -0.180. The Hall–Kier alpha value is -0.690. The van der Waals surface area contributed by atoms with Crippen LogP contribution in [-0.2, 0) is 19.1 Å². The summed E-state index contributed by atoms with van der Waals surface area (Å²) in [6.07, 6.45) is 2.78. The molecule has 0 unspecified atom stereocenters. The molecular formula is C15H26N2O4. The maximum absolute atomic E-state index is 12.3. The topological polar surface area (TPSA) is 51.2 Å². The Balaban J connectivity index is 1.48. The summed E-state index contributed by atoms with van der Waals surface area (Å²) in [5.74, 6) is 0.535. The van der Waals surface area contributed by atoms with Crippen LogP contribution in [0, 0.1) is 5.92 Å². The zero-order valence-corrected chi connectivity index (χ0v) is 12.8. The smallest absolute Gasteiger partial charge is 0.275 e. The van der Waals surface area contributed by atoms with Gasteiger partial charge in [0.25, 0.3) is 5.91 Å². The average molecular weight is 298 g/mol. The third kappa shape index (κ3) is 3.56. The molecular weight excluding hydrogens is 272 g/mol. The Kier molecular flexibility index (Phi) is 5.11. The van der Waals surface area contributed by atoms with E-state index in [9.17, 15) is 4.79 Å². The van der Waals surface area contributed by atoms with E-state index in [1.54, 1.807) is 0 Å². The largest absolute Gasteiger partial charge is 0.380 e. The van der Waals surface area contributed by atoms with Gasteiger partial charge in [-0.3, -0.25) is 14.5 Å². The number of likely N-dealkylation sites (tertiary alicyclic amines) is 1. The number of carbonyl (C=O) groups is 1. The Morgan fingerprint density at radius 1 is 1.38 bits per heavy atom. The first kappa shape index (κ1) is 15.2. The number of ether oxygens (including phenoxy) is 2. The Labute approximate surface area is 126 Å². The quantitative estimate of drug-likeness (QED) is 0.698. The minimum Gasteiger partial charge on any atom is -0.380 e. The van der Waals surface area contributed by atoms with Crippen molar-refractivity contribution in [1.82, 2.24) is 9.96 Å². The molecule has 0 radical (unpaired) electrons. The molecule has 0 N–H and O–H groups in total. The number of hydrogen-bond donors (Lipinski definition) is 0. The third-order valence-electron chi connectivity index (χ3n) is 4.67. The molecule has 6 nitrogen and oxygen atoms in total. The van der Waals surface area contributed by atoms with Gasteiger partial charge in [0, 0.05) is 19.7 Å². The Morgan fingerprint density at radius 3 is 3.05 bits per heavy atom. The zero-order chi connectivity index (χ0) is 14.7. The molecule has 3 rings (SSSR count). The van der Waals surface area contributed by atoms with Gasteiger partial charge in [0.1, 0.15) is 6.10 Å². The summed E-state index contributed by atoms with van der Waals surface area (Å²) < 4.78 is 11.4. The van der Waals surface area contributed by atoms with Crippen molar-refractivity contribution in [3.05, 3.63) is 0 Å². The van der Waals surface area contributed by atoms with Gasteiger partial charge < -0.3 is 9.47 Å². The first-order valence-corrected chi connectivity index (χ1v) is 8.17. The summed E-state index contributed by atoms with van der Waals surface area (Å²) in [6.45, 7) is 7.87. The molecule has 120 valence electrons.